The third-order valence-electron chi connectivity index (χ3n) is 4.62. The van der Waals surface area contributed by atoms with Crippen LogP contribution in [0.4, 0.5) is 4.39 Å². The quantitative estimate of drug-likeness (QED) is 0.793. The van der Waals surface area contributed by atoms with E-state index in [-0.39, 0.29) is 12.6 Å². The first-order valence-corrected chi connectivity index (χ1v) is 7.53. The molecule has 114 valence electrons. The van der Waals surface area contributed by atoms with E-state index in [2.05, 4.69) is 18.0 Å². The summed E-state index contributed by atoms with van der Waals surface area (Å²) < 4.78 is 24.5. The average molecular weight is 291 g/mol. The van der Waals surface area contributed by atoms with Gasteiger partial charge in [-0.05, 0) is 44.0 Å². The molecule has 2 atom stereocenters. The number of nitrogens with zero attached hydrogens (tertiary/aromatic N) is 1. The topological polar surface area (TPSA) is 21.7 Å². The number of fused-ring (bicyclic) bond motifs is 2. The second-order valence-corrected chi connectivity index (χ2v) is 5.91. The number of halogens is 1. The summed E-state index contributed by atoms with van der Waals surface area (Å²) in [6.07, 6.45) is 6.83. The van der Waals surface area contributed by atoms with Crippen LogP contribution in [-0.2, 0) is 4.74 Å². The van der Waals surface area contributed by atoms with Crippen molar-refractivity contribution in [3.05, 3.63) is 35.7 Å². The van der Waals surface area contributed by atoms with Crippen molar-refractivity contribution in [2.45, 2.75) is 37.8 Å². The van der Waals surface area contributed by atoms with E-state index in [1.807, 2.05) is 12.1 Å². The molecule has 0 aliphatic carbocycles. The zero-order valence-electron chi connectivity index (χ0n) is 12.6. The van der Waals surface area contributed by atoms with Gasteiger partial charge in [-0.25, -0.2) is 4.39 Å². The van der Waals surface area contributed by atoms with Crippen molar-refractivity contribution in [1.29, 1.82) is 0 Å². The van der Waals surface area contributed by atoms with Crippen molar-refractivity contribution < 1.29 is 13.9 Å². The zero-order valence-corrected chi connectivity index (χ0v) is 12.6. The van der Waals surface area contributed by atoms with Crippen molar-refractivity contribution >= 4 is 5.57 Å². The Balaban J connectivity index is 1.83. The normalized spacial score (nSPS) is 25.6. The Kier molecular flexibility index (Phi) is 4.27. The van der Waals surface area contributed by atoms with E-state index in [1.54, 1.807) is 7.11 Å². The lowest BCUT2D eigenvalue weighted by Crippen LogP contribution is -2.45. The molecule has 0 radical (unpaired) electrons. The Labute approximate surface area is 125 Å². The van der Waals surface area contributed by atoms with Gasteiger partial charge in [0.05, 0.1) is 0 Å². The van der Waals surface area contributed by atoms with Crippen molar-refractivity contribution in [2.24, 2.45) is 0 Å². The molecule has 3 rings (SSSR count). The third kappa shape index (κ3) is 2.97. The third-order valence-corrected chi connectivity index (χ3v) is 4.62. The summed E-state index contributed by atoms with van der Waals surface area (Å²) in [4.78, 5) is 2.43. The van der Waals surface area contributed by atoms with E-state index in [9.17, 15) is 4.39 Å². The molecular formula is C17H22FNO2. The highest BCUT2D eigenvalue weighted by Crippen LogP contribution is 2.37. The lowest BCUT2D eigenvalue weighted by Gasteiger charge is -2.42. The number of rotatable bonds is 4. The second-order valence-electron chi connectivity index (χ2n) is 5.91. The first kappa shape index (κ1) is 14.5. The summed E-state index contributed by atoms with van der Waals surface area (Å²) in [5.74, 6) is 0.296. The van der Waals surface area contributed by atoms with Gasteiger partial charge in [0.2, 0.25) is 0 Å². The molecule has 1 fully saturated rings. The molecule has 2 unspecified atom stereocenters. The van der Waals surface area contributed by atoms with Crippen LogP contribution in [-0.4, -0.2) is 37.9 Å². The van der Waals surface area contributed by atoms with Crippen LogP contribution in [0.1, 0.15) is 31.2 Å². The lowest BCUT2D eigenvalue weighted by atomic mass is 9.83. The highest BCUT2D eigenvalue weighted by molar-refractivity contribution is 5.68. The number of hydrogen-bond donors (Lipinski definition) is 0. The van der Waals surface area contributed by atoms with Gasteiger partial charge in [-0.1, -0.05) is 12.5 Å². The summed E-state index contributed by atoms with van der Waals surface area (Å²) in [7, 11) is 3.73. The van der Waals surface area contributed by atoms with E-state index < -0.39 is 0 Å². The number of likely N-dealkylation sites (N-methyl/N-ethyl adjacent to an activating group) is 1. The van der Waals surface area contributed by atoms with Crippen molar-refractivity contribution in [3.63, 3.8) is 0 Å². The molecule has 21 heavy (non-hydrogen) atoms. The summed E-state index contributed by atoms with van der Waals surface area (Å²) in [6, 6.07) is 6.09. The van der Waals surface area contributed by atoms with E-state index in [4.69, 9.17) is 9.47 Å². The highest BCUT2D eigenvalue weighted by atomic mass is 19.1. The Morgan fingerprint density at radius 2 is 2.19 bits per heavy atom. The van der Waals surface area contributed by atoms with Crippen LogP contribution >= 0.6 is 0 Å². The number of piperidine rings is 1. The summed E-state index contributed by atoms with van der Waals surface area (Å²) in [6.45, 7) is 0.135. The van der Waals surface area contributed by atoms with E-state index in [1.165, 1.54) is 25.3 Å². The minimum atomic E-state index is -0.211. The van der Waals surface area contributed by atoms with Gasteiger partial charge in [-0.15, -0.1) is 0 Å². The fraction of sp³-hybridized carbons (Fsp3) is 0.529. The molecule has 2 aliphatic heterocycles. The largest absolute Gasteiger partial charge is 0.467 e. The first-order valence-electron chi connectivity index (χ1n) is 7.53. The van der Waals surface area contributed by atoms with Gasteiger partial charge in [0, 0.05) is 30.8 Å². The minimum Gasteiger partial charge on any atom is -0.467 e. The SMILES string of the molecule is COCOc1ccc(C2=CC3CCCC(C2)N3C)c(F)c1. The van der Waals surface area contributed by atoms with Gasteiger partial charge in [0.15, 0.2) is 6.79 Å². The Hall–Kier alpha value is -1.39. The smallest absolute Gasteiger partial charge is 0.188 e. The predicted octanol–water partition coefficient (Wildman–Crippen LogP) is 3.45. The van der Waals surface area contributed by atoms with Crippen LogP contribution in [0.5, 0.6) is 5.75 Å². The monoisotopic (exact) mass is 291 g/mol. The number of benzene rings is 1. The summed E-state index contributed by atoms with van der Waals surface area (Å²) in [5, 5.41) is 0. The zero-order chi connectivity index (χ0) is 14.8. The molecule has 3 nitrogen and oxygen atoms in total. The second kappa shape index (κ2) is 6.16. The van der Waals surface area contributed by atoms with Crippen LogP contribution in [0.2, 0.25) is 0 Å². The van der Waals surface area contributed by atoms with Gasteiger partial charge in [-0.3, -0.25) is 4.90 Å². The van der Waals surface area contributed by atoms with Crippen molar-refractivity contribution in [2.75, 3.05) is 21.0 Å². The Morgan fingerprint density at radius 1 is 1.33 bits per heavy atom. The Bertz CT molecular complexity index is 544. The summed E-state index contributed by atoms with van der Waals surface area (Å²) >= 11 is 0. The van der Waals surface area contributed by atoms with Gasteiger partial charge >= 0.3 is 0 Å². The van der Waals surface area contributed by atoms with E-state index >= 15 is 0 Å². The maximum absolute atomic E-state index is 14.4. The van der Waals surface area contributed by atoms with Crippen molar-refractivity contribution in [3.8, 4) is 5.75 Å². The summed E-state index contributed by atoms with van der Waals surface area (Å²) in [5.41, 5.74) is 1.85. The number of ether oxygens (including phenoxy) is 2. The lowest BCUT2D eigenvalue weighted by molar-refractivity contribution is 0.0509. The van der Waals surface area contributed by atoms with Gasteiger partial charge in [0.1, 0.15) is 11.6 Å². The molecule has 0 saturated carbocycles. The molecule has 2 aliphatic rings. The predicted molar refractivity (Wildman–Crippen MR) is 80.7 cm³/mol. The molecule has 1 saturated heterocycles. The number of hydrogen-bond acceptors (Lipinski definition) is 3. The molecule has 0 N–H and O–H groups in total. The molecule has 1 aromatic rings. The van der Waals surface area contributed by atoms with Crippen molar-refractivity contribution in [1.82, 2.24) is 4.90 Å². The van der Waals surface area contributed by atoms with Crippen LogP contribution in [0, 0.1) is 5.82 Å². The minimum absolute atomic E-state index is 0.135. The maximum atomic E-state index is 14.4. The van der Waals surface area contributed by atoms with Crippen LogP contribution in [0.3, 0.4) is 0 Å². The fourth-order valence-electron chi connectivity index (χ4n) is 3.41. The molecule has 0 amide bonds. The molecule has 1 aromatic carbocycles. The van der Waals surface area contributed by atoms with E-state index in [0.29, 0.717) is 23.4 Å². The average Bonchev–Trinajstić information content (AvgIpc) is 2.45. The van der Waals surface area contributed by atoms with Crippen LogP contribution < -0.4 is 4.74 Å². The van der Waals surface area contributed by atoms with Gasteiger partial charge < -0.3 is 9.47 Å². The van der Waals surface area contributed by atoms with Gasteiger partial charge in [0.25, 0.3) is 0 Å². The van der Waals surface area contributed by atoms with Gasteiger partial charge in [-0.2, -0.15) is 0 Å². The molecule has 2 heterocycles. The highest BCUT2D eigenvalue weighted by Gasteiger charge is 2.32. The number of methoxy groups -OCH3 is 1. The molecule has 0 spiro atoms. The fourth-order valence-corrected chi connectivity index (χ4v) is 3.41. The molecule has 2 bridgehead atoms. The van der Waals surface area contributed by atoms with Crippen LogP contribution in [0.15, 0.2) is 24.3 Å². The standard InChI is InChI=1S/C17H22FNO2/c1-19-13-4-3-5-14(19)9-12(8-13)16-7-6-15(10-17(16)18)21-11-20-2/h6-8,10,13-14H,3-5,9,11H2,1-2H3. The molecular weight excluding hydrogens is 269 g/mol. The molecule has 4 heteroatoms. The van der Waals surface area contributed by atoms with E-state index in [0.717, 1.165) is 12.0 Å². The Morgan fingerprint density at radius 3 is 2.90 bits per heavy atom. The van der Waals surface area contributed by atoms with Crippen LogP contribution in [0.25, 0.3) is 5.57 Å². The molecule has 0 aromatic heterocycles. The first-order chi connectivity index (χ1) is 10.2. The maximum Gasteiger partial charge on any atom is 0.188 e.